The topological polar surface area (TPSA) is 180 Å². The van der Waals surface area contributed by atoms with Gasteiger partial charge in [0.05, 0.1) is 54.1 Å². The zero-order valence-corrected chi connectivity index (χ0v) is 29.6. The van der Waals surface area contributed by atoms with Crippen molar-refractivity contribution in [3.8, 4) is 11.5 Å². The number of benzene rings is 2. The molecular weight excluding hydrogens is 620 g/mol. The van der Waals surface area contributed by atoms with Gasteiger partial charge in [-0.2, -0.15) is 13.4 Å². The van der Waals surface area contributed by atoms with Crippen LogP contribution in [0.1, 0.15) is 60.3 Å². The molecule has 0 amide bonds. The van der Waals surface area contributed by atoms with Crippen LogP contribution in [0.5, 0.6) is 11.5 Å². The van der Waals surface area contributed by atoms with Gasteiger partial charge >= 0.3 is 0 Å². The molecule has 1 atom stereocenters. The number of nitrogens with one attached hydrogen (secondary N) is 2. The van der Waals surface area contributed by atoms with Gasteiger partial charge in [-0.3, -0.25) is 4.55 Å². The maximum atomic E-state index is 11.3. The third-order valence-corrected chi connectivity index (χ3v) is 8.97. The Morgan fingerprint density at radius 2 is 1.49 bits per heavy atom. The second kappa shape index (κ2) is 17.1. The summed E-state index contributed by atoms with van der Waals surface area (Å²) in [6.45, 7) is 13.5. The van der Waals surface area contributed by atoms with Gasteiger partial charge in [-0.1, -0.05) is 13.0 Å². The van der Waals surface area contributed by atoms with Crippen LogP contribution in [0.3, 0.4) is 0 Å². The molecule has 2 aromatic rings. The quantitative estimate of drug-likeness (QED) is 0.0847. The first-order valence-electron chi connectivity index (χ1n) is 16.2. The average molecular weight is 673 g/mol. The number of anilines is 5. The van der Waals surface area contributed by atoms with Crippen molar-refractivity contribution < 1.29 is 22.4 Å². The summed E-state index contributed by atoms with van der Waals surface area (Å²) in [5.41, 5.74) is 17.8. The van der Waals surface area contributed by atoms with Crippen molar-refractivity contribution in [2.45, 2.75) is 60.3 Å². The predicted octanol–water partition coefficient (Wildman–Crippen LogP) is 5.63. The zero-order valence-electron chi connectivity index (χ0n) is 28.8. The highest BCUT2D eigenvalue weighted by atomic mass is 32.2. The minimum absolute atomic E-state index is 0.148. The molecule has 1 heterocycles. The minimum atomic E-state index is -4.04. The average Bonchev–Trinajstić information content (AvgIpc) is 3.20. The summed E-state index contributed by atoms with van der Waals surface area (Å²) in [5.74, 6) is 1.82. The number of aliphatic imine (C=N–C) groups is 2. The number of ether oxygens (including phenoxy) is 2. The largest absolute Gasteiger partial charge is 0.495 e. The highest BCUT2D eigenvalue weighted by Gasteiger charge is 2.22. The summed E-state index contributed by atoms with van der Waals surface area (Å²) in [4.78, 5) is 14.2. The molecule has 0 spiro atoms. The van der Waals surface area contributed by atoms with Crippen LogP contribution in [0.15, 0.2) is 46.0 Å². The molecule has 0 aromatic heterocycles. The van der Waals surface area contributed by atoms with E-state index in [4.69, 9.17) is 30.9 Å². The smallest absolute Gasteiger partial charge is 0.264 e. The van der Waals surface area contributed by atoms with Crippen LogP contribution < -0.4 is 41.4 Å². The number of methoxy groups -OCH3 is 2. The number of nitrogen functional groups attached to an aromatic ring is 2. The van der Waals surface area contributed by atoms with E-state index in [1.165, 1.54) is 0 Å². The number of nitrogens with two attached hydrogens (primary N) is 2. The van der Waals surface area contributed by atoms with E-state index in [0.29, 0.717) is 71.7 Å². The first-order chi connectivity index (χ1) is 22.4. The molecular formula is C33H52N8O5S. The summed E-state index contributed by atoms with van der Waals surface area (Å²) in [7, 11) is -0.799. The number of amidine groups is 1. The van der Waals surface area contributed by atoms with Gasteiger partial charge in [0.15, 0.2) is 0 Å². The number of nitrogens with zero attached hydrogens (tertiary/aromatic N) is 4. The molecule has 0 fully saturated rings. The Bertz CT molecular complexity index is 1570. The molecule has 1 aliphatic rings. The molecule has 14 heteroatoms. The molecule has 47 heavy (non-hydrogen) atoms. The van der Waals surface area contributed by atoms with Crippen molar-refractivity contribution in [3.63, 3.8) is 0 Å². The SMILES string of the molecule is CCC1C=C(CCCCS(=O)(=O)O)NC(=Nc2cc(N(CC)CC)c(OC)cc2N)N=C1Nc1cc(N(CC)CC)c(OC)cc1N. The van der Waals surface area contributed by atoms with Crippen molar-refractivity contribution in [1.29, 1.82) is 0 Å². The summed E-state index contributed by atoms with van der Waals surface area (Å²) in [6.07, 6.45) is 4.15. The highest BCUT2D eigenvalue weighted by Crippen LogP contribution is 2.38. The van der Waals surface area contributed by atoms with Crippen LogP contribution in [0.2, 0.25) is 0 Å². The van der Waals surface area contributed by atoms with E-state index in [1.54, 1.807) is 20.3 Å². The third-order valence-electron chi connectivity index (χ3n) is 8.17. The Kier molecular flexibility index (Phi) is 13.6. The molecule has 3 rings (SSSR count). The Hall–Kier alpha value is -4.17. The van der Waals surface area contributed by atoms with Gasteiger partial charge in [0, 0.05) is 49.9 Å². The molecule has 0 bridgehead atoms. The standard InChI is InChI=1S/C33H52N8O5S/c1-8-22-17-23(15-13-14-16-47(42,43)44)36-33(38-27-21-29(41(11-4)12-5)31(46-7)19-25(27)35)39-32(22)37-26-20-28(40(9-2)10-3)30(45-6)18-24(26)34/h17-22H,8-16,34-35H2,1-7H3,(H,42,43,44)(H2,36,37,38,39). The molecule has 260 valence electrons. The molecule has 0 saturated carbocycles. The first-order valence-corrected chi connectivity index (χ1v) is 17.8. The number of rotatable bonds is 16. The lowest BCUT2D eigenvalue weighted by atomic mass is 10.0. The van der Waals surface area contributed by atoms with Crippen LogP contribution in [0, 0.1) is 5.92 Å². The lowest BCUT2D eigenvalue weighted by molar-refractivity contribution is 0.414. The lowest BCUT2D eigenvalue weighted by Crippen LogP contribution is -2.25. The van der Waals surface area contributed by atoms with Gasteiger partial charge < -0.3 is 41.4 Å². The van der Waals surface area contributed by atoms with Crippen molar-refractivity contribution in [1.82, 2.24) is 5.32 Å². The van der Waals surface area contributed by atoms with Gasteiger partial charge in [-0.15, -0.1) is 0 Å². The van der Waals surface area contributed by atoms with E-state index in [0.717, 1.165) is 43.3 Å². The summed E-state index contributed by atoms with van der Waals surface area (Å²) in [5, 5.41) is 6.86. The summed E-state index contributed by atoms with van der Waals surface area (Å²) < 4.78 is 43.1. The number of hydrogen-bond acceptors (Lipinski definition) is 10. The van der Waals surface area contributed by atoms with E-state index in [2.05, 4.69) is 61.1 Å². The number of allylic oxidation sites excluding steroid dienone is 1. The molecule has 1 unspecified atom stereocenters. The van der Waals surface area contributed by atoms with E-state index in [-0.39, 0.29) is 11.7 Å². The predicted molar refractivity (Wildman–Crippen MR) is 195 cm³/mol. The van der Waals surface area contributed by atoms with Crippen LogP contribution in [-0.4, -0.2) is 70.9 Å². The third kappa shape index (κ3) is 9.91. The fourth-order valence-electron chi connectivity index (χ4n) is 5.53. The zero-order chi connectivity index (χ0) is 34.7. The van der Waals surface area contributed by atoms with Gasteiger partial charge in [0.25, 0.3) is 10.1 Å². The molecule has 7 N–H and O–H groups in total. The molecule has 2 aromatic carbocycles. The van der Waals surface area contributed by atoms with Gasteiger partial charge in [-0.25, -0.2) is 4.99 Å². The van der Waals surface area contributed by atoms with E-state index >= 15 is 0 Å². The number of unbranched alkanes of at least 4 members (excludes halogenated alkanes) is 1. The maximum absolute atomic E-state index is 11.3. The van der Waals surface area contributed by atoms with E-state index in [1.807, 2.05) is 18.2 Å². The second-order valence-corrected chi connectivity index (χ2v) is 12.7. The molecule has 1 aliphatic heterocycles. The van der Waals surface area contributed by atoms with E-state index in [9.17, 15) is 13.0 Å². The Balaban J connectivity index is 2.15. The Labute approximate surface area is 279 Å². The van der Waals surface area contributed by atoms with Gasteiger partial charge in [0.2, 0.25) is 5.96 Å². The monoisotopic (exact) mass is 672 g/mol. The normalized spacial score (nSPS) is 15.7. The number of guanidine groups is 1. The molecule has 0 aliphatic carbocycles. The van der Waals surface area contributed by atoms with Gasteiger partial charge in [-0.05, 0) is 65.5 Å². The lowest BCUT2D eigenvalue weighted by Gasteiger charge is -2.25. The highest BCUT2D eigenvalue weighted by molar-refractivity contribution is 7.85. The first kappa shape index (κ1) is 37.3. The van der Waals surface area contributed by atoms with Crippen molar-refractivity contribution in [3.05, 3.63) is 36.0 Å². The molecule has 13 nitrogen and oxygen atoms in total. The maximum Gasteiger partial charge on any atom is 0.264 e. The molecule has 0 saturated heterocycles. The van der Waals surface area contributed by atoms with Crippen LogP contribution in [0.25, 0.3) is 0 Å². The van der Waals surface area contributed by atoms with Crippen molar-refractivity contribution in [2.75, 3.05) is 72.7 Å². The molecule has 0 radical (unpaired) electrons. The van der Waals surface area contributed by atoms with Crippen LogP contribution in [0.4, 0.5) is 34.1 Å². The fraction of sp³-hybridized carbons (Fsp3) is 0.515. The second-order valence-electron chi connectivity index (χ2n) is 11.2. The minimum Gasteiger partial charge on any atom is -0.495 e. The Morgan fingerprint density at radius 3 is 2.02 bits per heavy atom. The Morgan fingerprint density at radius 1 is 0.915 bits per heavy atom. The summed E-state index contributed by atoms with van der Waals surface area (Å²) >= 11 is 0. The van der Waals surface area contributed by atoms with Gasteiger partial charge in [0.1, 0.15) is 17.3 Å². The van der Waals surface area contributed by atoms with E-state index < -0.39 is 10.1 Å². The van der Waals surface area contributed by atoms with Crippen LogP contribution >= 0.6 is 0 Å². The summed E-state index contributed by atoms with van der Waals surface area (Å²) in [6, 6.07) is 7.45. The van der Waals surface area contributed by atoms with Crippen LogP contribution in [-0.2, 0) is 10.1 Å². The fourth-order valence-corrected chi connectivity index (χ4v) is 6.10. The number of hydrogen-bond donors (Lipinski definition) is 5. The van der Waals surface area contributed by atoms with Crippen molar-refractivity contribution in [2.24, 2.45) is 15.9 Å². The van der Waals surface area contributed by atoms with Crippen molar-refractivity contribution >= 4 is 56.0 Å².